The lowest BCUT2D eigenvalue weighted by Crippen LogP contribution is -2.29. The first-order valence-electron chi connectivity index (χ1n) is 10.7. The third-order valence-electron chi connectivity index (χ3n) is 5.10. The van der Waals surface area contributed by atoms with Gasteiger partial charge in [-0.1, -0.05) is 25.1 Å². The van der Waals surface area contributed by atoms with Crippen molar-refractivity contribution in [2.24, 2.45) is 0 Å². The van der Waals surface area contributed by atoms with E-state index in [-0.39, 0.29) is 5.91 Å². The summed E-state index contributed by atoms with van der Waals surface area (Å²) in [5.74, 6) is 2.32. The van der Waals surface area contributed by atoms with Gasteiger partial charge in [0.15, 0.2) is 5.82 Å². The van der Waals surface area contributed by atoms with Gasteiger partial charge in [-0.05, 0) is 54.3 Å². The molecular formula is C25H26N4O2S. The van der Waals surface area contributed by atoms with Crippen LogP contribution < -0.4 is 15.0 Å². The molecule has 0 bridgehead atoms. The van der Waals surface area contributed by atoms with Crippen LogP contribution in [0, 0.1) is 0 Å². The summed E-state index contributed by atoms with van der Waals surface area (Å²) < 4.78 is 5.17. The van der Waals surface area contributed by atoms with E-state index >= 15 is 0 Å². The number of para-hydroxylation sites is 1. The van der Waals surface area contributed by atoms with Crippen molar-refractivity contribution in [3.63, 3.8) is 0 Å². The first-order valence-corrected chi connectivity index (χ1v) is 11.6. The zero-order valence-corrected chi connectivity index (χ0v) is 19.1. The van der Waals surface area contributed by atoms with Crippen LogP contribution in [0.15, 0.2) is 66.0 Å². The average Bonchev–Trinajstić information content (AvgIpc) is 3.37. The molecule has 0 radical (unpaired) electrons. The van der Waals surface area contributed by atoms with Crippen molar-refractivity contribution >= 4 is 39.7 Å². The number of aromatic nitrogens is 2. The van der Waals surface area contributed by atoms with Crippen LogP contribution in [0.25, 0.3) is 21.6 Å². The monoisotopic (exact) mass is 446 g/mol. The summed E-state index contributed by atoms with van der Waals surface area (Å²) in [7, 11) is 1.62. The Balaban J connectivity index is 1.55. The van der Waals surface area contributed by atoms with E-state index in [0.717, 1.165) is 51.8 Å². The van der Waals surface area contributed by atoms with Gasteiger partial charge in [0.2, 0.25) is 5.91 Å². The number of carbonyl (C=O) groups excluding carboxylic acids is 1. The lowest BCUT2D eigenvalue weighted by Gasteiger charge is -2.24. The molecule has 0 aliphatic heterocycles. The third-order valence-corrected chi connectivity index (χ3v) is 5.97. The van der Waals surface area contributed by atoms with Crippen molar-refractivity contribution in [2.75, 3.05) is 30.4 Å². The lowest BCUT2D eigenvalue weighted by molar-refractivity contribution is -0.116. The molecule has 2 aromatic carbocycles. The molecule has 1 amide bonds. The van der Waals surface area contributed by atoms with Crippen LogP contribution in [-0.4, -0.2) is 36.1 Å². The molecule has 1 N–H and O–H groups in total. The number of nitrogens with zero attached hydrogens (tertiary/aromatic N) is 3. The summed E-state index contributed by atoms with van der Waals surface area (Å²) in [5, 5.41) is 5.99. The lowest BCUT2D eigenvalue weighted by atomic mass is 10.2. The Morgan fingerprint density at radius 3 is 2.56 bits per heavy atom. The van der Waals surface area contributed by atoms with Crippen LogP contribution in [0.4, 0.5) is 11.5 Å². The number of carbonyl (C=O) groups is 1. The summed E-state index contributed by atoms with van der Waals surface area (Å²) >= 11 is 1.62. The predicted octanol–water partition coefficient (Wildman–Crippen LogP) is 5.61. The number of ether oxygens (including phenoxy) is 1. The standard InChI is InChI=1S/C25H26N4O2S/c1-3-15-29(16-14-23(30)26-18-10-12-19(31-2)13-11-18)25-20-7-4-5-8-21(20)27-24(28-25)22-9-6-17-32-22/h4-13,17H,3,14-16H2,1-2H3,(H,26,30). The summed E-state index contributed by atoms with van der Waals surface area (Å²) in [4.78, 5) is 25.5. The number of amides is 1. The van der Waals surface area contributed by atoms with Crippen molar-refractivity contribution in [3.05, 3.63) is 66.0 Å². The van der Waals surface area contributed by atoms with E-state index in [2.05, 4.69) is 17.1 Å². The zero-order chi connectivity index (χ0) is 22.3. The van der Waals surface area contributed by atoms with Gasteiger partial charge in [0.05, 0.1) is 17.5 Å². The van der Waals surface area contributed by atoms with E-state index in [9.17, 15) is 4.79 Å². The van der Waals surface area contributed by atoms with Crippen LogP contribution in [0.1, 0.15) is 19.8 Å². The highest BCUT2D eigenvalue weighted by atomic mass is 32.1. The molecule has 2 heterocycles. The Bertz CT molecular complexity index is 1180. The Kier molecular flexibility index (Phi) is 6.97. The normalized spacial score (nSPS) is 10.8. The minimum absolute atomic E-state index is 0.0342. The number of fused-ring (bicyclic) bond motifs is 1. The van der Waals surface area contributed by atoms with Gasteiger partial charge < -0.3 is 15.0 Å². The second-order valence-electron chi connectivity index (χ2n) is 7.38. The summed E-state index contributed by atoms with van der Waals surface area (Å²) in [5.41, 5.74) is 1.66. The molecule has 7 heteroatoms. The molecule has 6 nitrogen and oxygen atoms in total. The maximum absolute atomic E-state index is 12.6. The fourth-order valence-corrected chi connectivity index (χ4v) is 4.20. The van der Waals surface area contributed by atoms with Crippen LogP contribution in [0.3, 0.4) is 0 Å². The maximum Gasteiger partial charge on any atom is 0.226 e. The molecule has 0 unspecified atom stereocenters. The van der Waals surface area contributed by atoms with Crippen molar-refractivity contribution in [1.29, 1.82) is 0 Å². The van der Waals surface area contributed by atoms with E-state index in [4.69, 9.17) is 14.7 Å². The highest BCUT2D eigenvalue weighted by Gasteiger charge is 2.16. The topological polar surface area (TPSA) is 67.4 Å². The molecule has 0 aliphatic carbocycles. The number of nitrogens with one attached hydrogen (secondary N) is 1. The van der Waals surface area contributed by atoms with Crippen molar-refractivity contribution in [3.8, 4) is 16.5 Å². The Hall–Kier alpha value is -3.45. The van der Waals surface area contributed by atoms with Crippen LogP contribution in [-0.2, 0) is 4.79 Å². The fraction of sp³-hybridized carbons (Fsp3) is 0.240. The van der Waals surface area contributed by atoms with E-state index in [0.29, 0.717) is 13.0 Å². The van der Waals surface area contributed by atoms with Crippen molar-refractivity contribution in [1.82, 2.24) is 9.97 Å². The predicted molar refractivity (Wildman–Crippen MR) is 132 cm³/mol. The van der Waals surface area contributed by atoms with Crippen LogP contribution in [0.2, 0.25) is 0 Å². The molecular weight excluding hydrogens is 420 g/mol. The van der Waals surface area contributed by atoms with E-state index < -0.39 is 0 Å². The molecule has 0 spiro atoms. The molecule has 164 valence electrons. The van der Waals surface area contributed by atoms with Gasteiger partial charge in [-0.15, -0.1) is 11.3 Å². The van der Waals surface area contributed by atoms with Gasteiger partial charge in [-0.25, -0.2) is 9.97 Å². The van der Waals surface area contributed by atoms with Crippen LogP contribution in [0.5, 0.6) is 5.75 Å². The second-order valence-corrected chi connectivity index (χ2v) is 8.33. The molecule has 4 aromatic rings. The van der Waals surface area contributed by atoms with Gasteiger partial charge in [0, 0.05) is 30.6 Å². The first kappa shape index (κ1) is 21.8. The smallest absolute Gasteiger partial charge is 0.226 e. The molecule has 0 aliphatic rings. The van der Waals surface area contributed by atoms with E-state index in [1.807, 2.05) is 66.0 Å². The number of rotatable bonds is 9. The van der Waals surface area contributed by atoms with Gasteiger partial charge >= 0.3 is 0 Å². The van der Waals surface area contributed by atoms with Gasteiger partial charge in [-0.3, -0.25) is 4.79 Å². The maximum atomic E-state index is 12.6. The third kappa shape index (κ3) is 5.06. The second kappa shape index (κ2) is 10.2. The van der Waals surface area contributed by atoms with Crippen LogP contribution >= 0.6 is 11.3 Å². The number of hydrogen-bond acceptors (Lipinski definition) is 6. The van der Waals surface area contributed by atoms with Gasteiger partial charge in [0.1, 0.15) is 11.6 Å². The SMILES string of the molecule is CCCN(CCC(=O)Nc1ccc(OC)cc1)c1nc(-c2cccs2)nc2ccccc12. The quantitative estimate of drug-likeness (QED) is 0.362. The highest BCUT2D eigenvalue weighted by Crippen LogP contribution is 2.29. The Morgan fingerprint density at radius 1 is 1.03 bits per heavy atom. The molecule has 0 atom stereocenters. The van der Waals surface area contributed by atoms with Crippen molar-refractivity contribution in [2.45, 2.75) is 19.8 Å². The molecule has 0 saturated carbocycles. The van der Waals surface area contributed by atoms with Gasteiger partial charge in [-0.2, -0.15) is 0 Å². The van der Waals surface area contributed by atoms with E-state index in [1.54, 1.807) is 18.4 Å². The largest absolute Gasteiger partial charge is 0.497 e. The number of benzene rings is 2. The molecule has 0 saturated heterocycles. The molecule has 0 fully saturated rings. The molecule has 2 aromatic heterocycles. The number of methoxy groups -OCH3 is 1. The Morgan fingerprint density at radius 2 is 1.84 bits per heavy atom. The summed E-state index contributed by atoms with van der Waals surface area (Å²) in [6.07, 6.45) is 1.31. The average molecular weight is 447 g/mol. The molecule has 32 heavy (non-hydrogen) atoms. The number of hydrogen-bond donors (Lipinski definition) is 1. The zero-order valence-electron chi connectivity index (χ0n) is 18.2. The molecule has 4 rings (SSSR count). The number of anilines is 2. The minimum atomic E-state index is -0.0342. The summed E-state index contributed by atoms with van der Waals surface area (Å²) in [6.45, 7) is 3.51. The van der Waals surface area contributed by atoms with Gasteiger partial charge in [0.25, 0.3) is 0 Å². The Labute approximate surface area is 191 Å². The van der Waals surface area contributed by atoms with E-state index in [1.165, 1.54) is 0 Å². The summed E-state index contributed by atoms with van der Waals surface area (Å²) in [6, 6.07) is 19.4. The first-order chi connectivity index (χ1) is 15.7. The minimum Gasteiger partial charge on any atom is -0.497 e. The fourth-order valence-electron chi connectivity index (χ4n) is 3.54. The highest BCUT2D eigenvalue weighted by molar-refractivity contribution is 7.13. The van der Waals surface area contributed by atoms with Crippen molar-refractivity contribution < 1.29 is 9.53 Å². The number of thiophene rings is 1.